The van der Waals surface area contributed by atoms with Crippen LogP contribution in [0.2, 0.25) is 0 Å². The Bertz CT molecular complexity index is 533. The van der Waals surface area contributed by atoms with Crippen molar-refractivity contribution in [3.05, 3.63) is 23.8 Å². The number of ether oxygens (including phenoxy) is 2. The van der Waals surface area contributed by atoms with E-state index in [1.807, 2.05) is 13.8 Å². The molecule has 0 atom stereocenters. The summed E-state index contributed by atoms with van der Waals surface area (Å²) in [5.74, 6) is 0.332. The molecule has 5 nitrogen and oxygen atoms in total. The molecule has 1 aromatic rings. The fourth-order valence-electron chi connectivity index (χ4n) is 1.73. The summed E-state index contributed by atoms with van der Waals surface area (Å²) < 4.78 is 10.9. The molecule has 114 valence electrons. The Morgan fingerprint density at radius 1 is 1.38 bits per heavy atom. The standard InChI is InChI=1S/C16H22N2O3/c1-5-9-20-13-7-8-14(12(10-13)11-17)18-15(19)16(3,4)21-6-2/h7-8,10H,5-6,9H2,1-4H3,(H,18,19). The zero-order valence-electron chi connectivity index (χ0n) is 13.0. The van der Waals surface area contributed by atoms with E-state index in [9.17, 15) is 10.1 Å². The molecule has 5 heteroatoms. The Hall–Kier alpha value is -2.06. The molecule has 0 saturated heterocycles. The van der Waals surface area contributed by atoms with Crippen molar-refractivity contribution in [1.29, 1.82) is 5.26 Å². The number of nitriles is 1. The molecule has 1 N–H and O–H groups in total. The van der Waals surface area contributed by atoms with Gasteiger partial charge < -0.3 is 14.8 Å². The smallest absolute Gasteiger partial charge is 0.256 e. The van der Waals surface area contributed by atoms with Crippen molar-refractivity contribution in [1.82, 2.24) is 0 Å². The molecule has 0 radical (unpaired) electrons. The molecule has 0 aromatic heterocycles. The van der Waals surface area contributed by atoms with Gasteiger partial charge in [-0.25, -0.2) is 0 Å². The van der Waals surface area contributed by atoms with Gasteiger partial charge in [-0.15, -0.1) is 0 Å². The van der Waals surface area contributed by atoms with Gasteiger partial charge in [0.15, 0.2) is 0 Å². The van der Waals surface area contributed by atoms with Crippen LogP contribution < -0.4 is 10.1 Å². The van der Waals surface area contributed by atoms with Crippen LogP contribution in [0.3, 0.4) is 0 Å². The molecule has 0 unspecified atom stereocenters. The van der Waals surface area contributed by atoms with Crippen molar-refractivity contribution < 1.29 is 14.3 Å². The Kier molecular flexibility index (Phi) is 6.19. The molecule has 0 aliphatic heterocycles. The number of nitrogens with zero attached hydrogens (tertiary/aromatic N) is 1. The van der Waals surface area contributed by atoms with Gasteiger partial charge in [0.05, 0.1) is 17.9 Å². The number of amides is 1. The van der Waals surface area contributed by atoms with Crippen LogP contribution in [0.25, 0.3) is 0 Å². The summed E-state index contributed by atoms with van der Waals surface area (Å²) in [5, 5.41) is 11.9. The van der Waals surface area contributed by atoms with Gasteiger partial charge >= 0.3 is 0 Å². The molecule has 0 saturated carbocycles. The van der Waals surface area contributed by atoms with E-state index in [2.05, 4.69) is 11.4 Å². The zero-order valence-corrected chi connectivity index (χ0v) is 13.0. The minimum Gasteiger partial charge on any atom is -0.494 e. The van der Waals surface area contributed by atoms with E-state index in [1.54, 1.807) is 32.0 Å². The Labute approximate surface area is 125 Å². The first-order valence-electron chi connectivity index (χ1n) is 7.07. The molecule has 0 bridgehead atoms. The third-order valence-corrected chi connectivity index (χ3v) is 2.88. The minimum atomic E-state index is -0.946. The van der Waals surface area contributed by atoms with Crippen molar-refractivity contribution in [3.8, 4) is 11.8 Å². The lowest BCUT2D eigenvalue weighted by Crippen LogP contribution is -2.40. The third kappa shape index (κ3) is 4.76. The van der Waals surface area contributed by atoms with Crippen LogP contribution in [0.5, 0.6) is 5.75 Å². The van der Waals surface area contributed by atoms with E-state index >= 15 is 0 Å². The van der Waals surface area contributed by atoms with Crippen LogP contribution in [-0.4, -0.2) is 24.7 Å². The topological polar surface area (TPSA) is 71.3 Å². The molecular formula is C16H22N2O3. The van der Waals surface area contributed by atoms with Crippen LogP contribution in [-0.2, 0) is 9.53 Å². The van der Waals surface area contributed by atoms with Crippen molar-refractivity contribution in [2.24, 2.45) is 0 Å². The number of rotatable bonds is 7. The fraction of sp³-hybridized carbons (Fsp3) is 0.500. The van der Waals surface area contributed by atoms with Crippen LogP contribution in [0.4, 0.5) is 5.69 Å². The summed E-state index contributed by atoms with van der Waals surface area (Å²) in [5.41, 5.74) is -0.123. The number of hydrogen-bond acceptors (Lipinski definition) is 4. The highest BCUT2D eigenvalue weighted by Crippen LogP contribution is 2.23. The second-order valence-corrected chi connectivity index (χ2v) is 5.07. The van der Waals surface area contributed by atoms with E-state index in [1.165, 1.54) is 0 Å². The molecule has 0 aliphatic rings. The van der Waals surface area contributed by atoms with Crippen LogP contribution >= 0.6 is 0 Å². The second-order valence-electron chi connectivity index (χ2n) is 5.07. The van der Waals surface area contributed by atoms with Crippen LogP contribution in [0, 0.1) is 11.3 Å². The molecule has 0 aliphatic carbocycles. The average Bonchev–Trinajstić information content (AvgIpc) is 2.45. The Morgan fingerprint density at radius 3 is 2.67 bits per heavy atom. The quantitative estimate of drug-likeness (QED) is 0.837. The minimum absolute atomic E-state index is 0.289. The van der Waals surface area contributed by atoms with E-state index in [4.69, 9.17) is 9.47 Å². The van der Waals surface area contributed by atoms with Gasteiger partial charge in [-0.05, 0) is 45.4 Å². The highest BCUT2D eigenvalue weighted by molar-refractivity contribution is 5.97. The maximum Gasteiger partial charge on any atom is 0.256 e. The first kappa shape index (κ1) is 17.0. The van der Waals surface area contributed by atoms with Gasteiger partial charge in [-0.2, -0.15) is 5.26 Å². The van der Waals surface area contributed by atoms with Crippen LogP contribution in [0.15, 0.2) is 18.2 Å². The fourth-order valence-corrected chi connectivity index (χ4v) is 1.73. The van der Waals surface area contributed by atoms with Crippen molar-refractivity contribution in [2.75, 3.05) is 18.5 Å². The molecule has 0 fully saturated rings. The lowest BCUT2D eigenvalue weighted by Gasteiger charge is -2.23. The van der Waals surface area contributed by atoms with Crippen LogP contribution in [0.1, 0.15) is 39.7 Å². The SMILES string of the molecule is CCCOc1ccc(NC(=O)C(C)(C)OCC)c(C#N)c1. The highest BCUT2D eigenvalue weighted by Gasteiger charge is 2.28. The predicted molar refractivity (Wildman–Crippen MR) is 81.3 cm³/mol. The summed E-state index contributed by atoms with van der Waals surface area (Å²) in [6.45, 7) is 8.25. The maximum absolute atomic E-state index is 12.2. The number of anilines is 1. The number of hydrogen-bond donors (Lipinski definition) is 1. The normalized spacial score (nSPS) is 10.8. The zero-order chi connectivity index (χ0) is 15.9. The molecule has 1 amide bonds. The summed E-state index contributed by atoms with van der Waals surface area (Å²) in [6, 6.07) is 7.10. The molecule has 0 spiro atoms. The number of nitrogens with one attached hydrogen (secondary N) is 1. The summed E-state index contributed by atoms with van der Waals surface area (Å²) in [7, 11) is 0. The lowest BCUT2D eigenvalue weighted by atomic mass is 10.1. The molecule has 1 rings (SSSR count). The highest BCUT2D eigenvalue weighted by atomic mass is 16.5. The summed E-state index contributed by atoms with van der Waals surface area (Å²) >= 11 is 0. The molecule has 21 heavy (non-hydrogen) atoms. The van der Waals surface area contributed by atoms with Crippen molar-refractivity contribution in [3.63, 3.8) is 0 Å². The van der Waals surface area contributed by atoms with Gasteiger partial charge in [0.1, 0.15) is 17.4 Å². The van der Waals surface area contributed by atoms with Crippen molar-refractivity contribution in [2.45, 2.75) is 39.7 Å². The third-order valence-electron chi connectivity index (χ3n) is 2.88. The van der Waals surface area contributed by atoms with E-state index in [0.717, 1.165) is 6.42 Å². The van der Waals surface area contributed by atoms with E-state index < -0.39 is 5.60 Å². The Balaban J connectivity index is 2.89. The number of carbonyl (C=O) groups excluding carboxylic acids is 1. The van der Waals surface area contributed by atoms with E-state index in [-0.39, 0.29) is 5.91 Å². The summed E-state index contributed by atoms with van der Waals surface area (Å²) in [6.07, 6.45) is 0.892. The maximum atomic E-state index is 12.2. The van der Waals surface area contributed by atoms with Crippen molar-refractivity contribution >= 4 is 11.6 Å². The van der Waals surface area contributed by atoms with Gasteiger partial charge in [0.2, 0.25) is 0 Å². The Morgan fingerprint density at radius 2 is 2.10 bits per heavy atom. The van der Waals surface area contributed by atoms with Gasteiger partial charge in [0.25, 0.3) is 5.91 Å². The number of benzene rings is 1. The first-order valence-corrected chi connectivity index (χ1v) is 7.07. The monoisotopic (exact) mass is 290 g/mol. The number of carbonyl (C=O) groups is 1. The molecule has 0 heterocycles. The predicted octanol–water partition coefficient (Wildman–Crippen LogP) is 3.10. The molecule has 1 aromatic carbocycles. The first-order chi connectivity index (χ1) is 9.94. The summed E-state index contributed by atoms with van der Waals surface area (Å²) in [4.78, 5) is 12.2. The van der Waals surface area contributed by atoms with Gasteiger partial charge in [-0.1, -0.05) is 6.92 Å². The largest absolute Gasteiger partial charge is 0.494 e. The second kappa shape index (κ2) is 7.65. The average molecular weight is 290 g/mol. The van der Waals surface area contributed by atoms with E-state index in [0.29, 0.717) is 30.2 Å². The van der Waals surface area contributed by atoms with Gasteiger partial charge in [0, 0.05) is 6.61 Å². The molecular weight excluding hydrogens is 268 g/mol. The van der Waals surface area contributed by atoms with Gasteiger partial charge in [-0.3, -0.25) is 4.79 Å². The lowest BCUT2D eigenvalue weighted by molar-refractivity contribution is -0.136.